The van der Waals surface area contributed by atoms with Gasteiger partial charge in [0.15, 0.2) is 0 Å². The predicted molar refractivity (Wildman–Crippen MR) is 130 cm³/mol. The Morgan fingerprint density at radius 2 is 1.84 bits per heavy atom. The summed E-state index contributed by atoms with van der Waals surface area (Å²) in [7, 11) is 0. The number of carbonyl (C=O) groups is 1. The molecule has 32 heavy (non-hydrogen) atoms. The van der Waals surface area contributed by atoms with Crippen molar-refractivity contribution in [2.24, 2.45) is 0 Å². The molecule has 1 fully saturated rings. The van der Waals surface area contributed by atoms with E-state index in [0.717, 1.165) is 50.5 Å². The standard InChI is InChI=1S/C24H32N4O3S/c1-19-6-5-7-22(18-19)27-16-14-26(15-17-27)13-4-3-12-25-24(29)20(2)32-23-10-8-21(9-11-23)28(30)31/h5-11,18,20H,3-4,12-17H2,1-2H3,(H,25,29). The molecule has 0 aromatic heterocycles. The molecule has 1 aliphatic heterocycles. The molecule has 172 valence electrons. The average molecular weight is 457 g/mol. The quantitative estimate of drug-likeness (QED) is 0.251. The summed E-state index contributed by atoms with van der Waals surface area (Å²) in [6.45, 7) is 9.97. The summed E-state index contributed by atoms with van der Waals surface area (Å²) < 4.78 is 0. The number of amides is 1. The maximum Gasteiger partial charge on any atom is 0.269 e. The molecule has 2 aromatic rings. The van der Waals surface area contributed by atoms with Crippen LogP contribution in [-0.2, 0) is 4.79 Å². The second-order valence-electron chi connectivity index (χ2n) is 8.18. The SMILES string of the molecule is Cc1cccc(N2CCN(CCCCNC(=O)C(C)Sc3ccc([N+](=O)[O-])cc3)CC2)c1. The van der Waals surface area contributed by atoms with E-state index < -0.39 is 4.92 Å². The molecule has 1 atom stereocenters. The molecule has 0 bridgehead atoms. The van der Waals surface area contributed by atoms with Crippen molar-refractivity contribution >= 4 is 29.0 Å². The number of anilines is 1. The first-order valence-electron chi connectivity index (χ1n) is 11.1. The molecule has 0 radical (unpaired) electrons. The van der Waals surface area contributed by atoms with Crippen LogP contribution in [-0.4, -0.2) is 60.2 Å². The summed E-state index contributed by atoms with van der Waals surface area (Å²) in [6.07, 6.45) is 2.02. The van der Waals surface area contributed by atoms with E-state index in [1.165, 1.54) is 35.1 Å². The van der Waals surface area contributed by atoms with Crippen LogP contribution in [0, 0.1) is 17.0 Å². The molecule has 3 rings (SSSR count). The molecule has 2 aromatic carbocycles. The average Bonchev–Trinajstić information content (AvgIpc) is 2.79. The second kappa shape index (κ2) is 11.9. The van der Waals surface area contributed by atoms with Crippen LogP contribution in [0.1, 0.15) is 25.3 Å². The molecule has 1 unspecified atom stereocenters. The van der Waals surface area contributed by atoms with Crippen LogP contribution in [0.2, 0.25) is 0 Å². The first-order valence-corrected chi connectivity index (χ1v) is 12.0. The van der Waals surface area contributed by atoms with Crippen molar-refractivity contribution in [3.8, 4) is 0 Å². The van der Waals surface area contributed by atoms with Gasteiger partial charge in [0.1, 0.15) is 0 Å². The Hall–Kier alpha value is -2.58. The van der Waals surface area contributed by atoms with E-state index in [1.807, 2.05) is 6.92 Å². The van der Waals surface area contributed by atoms with Crippen molar-refractivity contribution < 1.29 is 9.72 Å². The van der Waals surface area contributed by atoms with E-state index >= 15 is 0 Å². The number of carbonyl (C=O) groups excluding carboxylic acids is 1. The summed E-state index contributed by atoms with van der Waals surface area (Å²) in [5.41, 5.74) is 2.67. The first-order chi connectivity index (χ1) is 15.4. The Bertz CT molecular complexity index is 898. The van der Waals surface area contributed by atoms with Gasteiger partial charge in [-0.25, -0.2) is 0 Å². The summed E-state index contributed by atoms with van der Waals surface area (Å²) in [5.74, 6) is 0.000113. The van der Waals surface area contributed by atoms with Crippen LogP contribution in [0.4, 0.5) is 11.4 Å². The minimum atomic E-state index is -0.422. The Kier molecular flexibility index (Phi) is 8.93. The van der Waals surface area contributed by atoms with E-state index in [2.05, 4.69) is 46.3 Å². The van der Waals surface area contributed by atoms with Crippen LogP contribution in [0.3, 0.4) is 0 Å². The molecule has 0 saturated carbocycles. The zero-order chi connectivity index (χ0) is 22.9. The summed E-state index contributed by atoms with van der Waals surface area (Å²) in [4.78, 5) is 28.4. The summed E-state index contributed by atoms with van der Waals surface area (Å²) in [6, 6.07) is 15.0. The highest BCUT2D eigenvalue weighted by atomic mass is 32.2. The zero-order valence-corrected chi connectivity index (χ0v) is 19.6. The highest BCUT2D eigenvalue weighted by Crippen LogP contribution is 2.25. The second-order valence-corrected chi connectivity index (χ2v) is 9.59. The summed E-state index contributed by atoms with van der Waals surface area (Å²) in [5, 5.41) is 13.5. The summed E-state index contributed by atoms with van der Waals surface area (Å²) >= 11 is 1.41. The van der Waals surface area contributed by atoms with E-state index in [0.29, 0.717) is 6.54 Å². The number of piperazine rings is 1. The van der Waals surface area contributed by atoms with E-state index in [9.17, 15) is 14.9 Å². The van der Waals surface area contributed by atoms with Crippen molar-refractivity contribution in [3.63, 3.8) is 0 Å². The number of non-ortho nitro benzene ring substituents is 1. The molecular formula is C24H32N4O3S. The molecule has 0 aliphatic carbocycles. The van der Waals surface area contributed by atoms with Gasteiger partial charge in [-0.15, -0.1) is 11.8 Å². The fourth-order valence-electron chi connectivity index (χ4n) is 3.77. The highest BCUT2D eigenvalue weighted by Gasteiger charge is 2.17. The Morgan fingerprint density at radius 1 is 1.12 bits per heavy atom. The molecule has 1 N–H and O–H groups in total. The fourth-order valence-corrected chi connectivity index (χ4v) is 4.67. The van der Waals surface area contributed by atoms with Crippen LogP contribution in [0.15, 0.2) is 53.4 Å². The van der Waals surface area contributed by atoms with E-state index in [-0.39, 0.29) is 16.8 Å². The lowest BCUT2D eigenvalue weighted by molar-refractivity contribution is -0.384. The molecule has 1 saturated heterocycles. The third kappa shape index (κ3) is 7.24. The number of benzene rings is 2. The van der Waals surface area contributed by atoms with Gasteiger partial charge in [-0.3, -0.25) is 19.8 Å². The van der Waals surface area contributed by atoms with Crippen LogP contribution in [0.5, 0.6) is 0 Å². The number of rotatable bonds is 10. The number of unbranched alkanes of at least 4 members (excludes halogenated alkanes) is 1. The lowest BCUT2D eigenvalue weighted by Crippen LogP contribution is -2.46. The van der Waals surface area contributed by atoms with Gasteiger partial charge < -0.3 is 10.2 Å². The van der Waals surface area contributed by atoms with Gasteiger partial charge in [0, 0.05) is 55.4 Å². The van der Waals surface area contributed by atoms with Gasteiger partial charge in [0.25, 0.3) is 5.69 Å². The third-order valence-electron chi connectivity index (χ3n) is 5.67. The number of thioether (sulfide) groups is 1. The van der Waals surface area contributed by atoms with Gasteiger partial charge >= 0.3 is 0 Å². The van der Waals surface area contributed by atoms with Gasteiger partial charge in [-0.1, -0.05) is 12.1 Å². The molecule has 8 heteroatoms. The van der Waals surface area contributed by atoms with Gasteiger partial charge in [0.05, 0.1) is 10.2 Å². The monoisotopic (exact) mass is 456 g/mol. The molecule has 7 nitrogen and oxygen atoms in total. The number of nitrogens with one attached hydrogen (secondary N) is 1. The van der Waals surface area contributed by atoms with Crippen LogP contribution in [0.25, 0.3) is 0 Å². The third-order valence-corrected chi connectivity index (χ3v) is 6.78. The highest BCUT2D eigenvalue weighted by molar-refractivity contribution is 8.00. The Morgan fingerprint density at radius 3 is 2.50 bits per heavy atom. The maximum atomic E-state index is 12.3. The minimum Gasteiger partial charge on any atom is -0.369 e. The van der Waals surface area contributed by atoms with Gasteiger partial charge in [-0.05, 0) is 63.1 Å². The molecule has 1 aliphatic rings. The normalized spacial score (nSPS) is 15.4. The molecule has 1 heterocycles. The van der Waals surface area contributed by atoms with Crippen LogP contribution >= 0.6 is 11.8 Å². The topological polar surface area (TPSA) is 78.7 Å². The number of hydrogen-bond donors (Lipinski definition) is 1. The van der Waals surface area contributed by atoms with Crippen molar-refractivity contribution in [2.75, 3.05) is 44.2 Å². The minimum absolute atomic E-state index is 0.000113. The van der Waals surface area contributed by atoms with Gasteiger partial charge in [0.2, 0.25) is 5.91 Å². The lowest BCUT2D eigenvalue weighted by atomic mass is 10.2. The van der Waals surface area contributed by atoms with Crippen molar-refractivity contribution in [2.45, 2.75) is 36.8 Å². The number of nitro benzene ring substituents is 1. The fraction of sp³-hybridized carbons (Fsp3) is 0.458. The van der Waals surface area contributed by atoms with Crippen molar-refractivity contribution in [3.05, 3.63) is 64.2 Å². The molecule has 0 spiro atoms. The Labute approximate surface area is 194 Å². The maximum absolute atomic E-state index is 12.3. The number of hydrogen-bond acceptors (Lipinski definition) is 6. The smallest absolute Gasteiger partial charge is 0.269 e. The zero-order valence-electron chi connectivity index (χ0n) is 18.8. The van der Waals surface area contributed by atoms with Gasteiger partial charge in [-0.2, -0.15) is 0 Å². The van der Waals surface area contributed by atoms with Crippen molar-refractivity contribution in [1.82, 2.24) is 10.2 Å². The molecule has 1 amide bonds. The van der Waals surface area contributed by atoms with Crippen LogP contribution < -0.4 is 10.2 Å². The first kappa shape index (κ1) is 24.1. The lowest BCUT2D eigenvalue weighted by Gasteiger charge is -2.36. The number of aryl methyl sites for hydroxylation is 1. The largest absolute Gasteiger partial charge is 0.369 e. The Balaban J connectivity index is 1.28. The number of nitrogens with zero attached hydrogens (tertiary/aromatic N) is 3. The molecular weight excluding hydrogens is 424 g/mol. The predicted octanol–water partition coefficient (Wildman–Crippen LogP) is 4.10. The van der Waals surface area contributed by atoms with Crippen molar-refractivity contribution in [1.29, 1.82) is 0 Å². The van der Waals surface area contributed by atoms with E-state index in [4.69, 9.17) is 0 Å². The van der Waals surface area contributed by atoms with E-state index in [1.54, 1.807) is 12.1 Å². The number of nitro groups is 1.